The minimum atomic E-state index is -3.57. The second-order valence-corrected chi connectivity index (χ2v) is 12.3. The third-order valence-corrected chi connectivity index (χ3v) is 8.73. The van der Waals surface area contributed by atoms with Crippen molar-refractivity contribution in [2.24, 2.45) is 0 Å². The molecule has 0 saturated heterocycles. The van der Waals surface area contributed by atoms with Crippen LogP contribution in [0.2, 0.25) is 0 Å². The topological polar surface area (TPSA) is 108 Å². The molecule has 8 nitrogen and oxygen atoms in total. The van der Waals surface area contributed by atoms with Gasteiger partial charge in [0, 0.05) is 25.2 Å². The second-order valence-electron chi connectivity index (χ2n) is 10.5. The monoisotopic (exact) mass is 600 g/mol. The van der Waals surface area contributed by atoms with Crippen LogP contribution in [0.1, 0.15) is 47.7 Å². The molecule has 0 aliphatic heterocycles. The molecule has 1 heterocycles. The zero-order valence-electron chi connectivity index (χ0n) is 23.5. The molecule has 1 fully saturated rings. The maximum Gasteiger partial charge on any atom is 0.247 e. The molecule has 5 rings (SSSR count). The van der Waals surface area contributed by atoms with Gasteiger partial charge in [0.25, 0.3) is 0 Å². The van der Waals surface area contributed by atoms with E-state index in [1.54, 1.807) is 66.9 Å². The first-order valence-electron chi connectivity index (χ1n) is 14.2. The summed E-state index contributed by atoms with van der Waals surface area (Å²) < 4.78 is 41.4. The normalized spacial score (nSPS) is 13.7. The number of aromatic nitrogens is 1. The molecule has 10 heteroatoms. The van der Waals surface area contributed by atoms with Crippen molar-refractivity contribution in [2.45, 2.75) is 55.8 Å². The van der Waals surface area contributed by atoms with E-state index in [1.807, 2.05) is 24.3 Å². The molecule has 1 atom stereocenters. The van der Waals surface area contributed by atoms with Crippen molar-refractivity contribution in [1.82, 2.24) is 19.9 Å². The molecule has 0 spiro atoms. The van der Waals surface area contributed by atoms with Crippen molar-refractivity contribution in [1.29, 1.82) is 0 Å². The highest BCUT2D eigenvalue weighted by Gasteiger charge is 2.32. The molecule has 4 aromatic rings. The number of carbonyl (C=O) groups excluding carboxylic acids is 2. The van der Waals surface area contributed by atoms with E-state index in [2.05, 4.69) is 15.0 Å². The van der Waals surface area contributed by atoms with E-state index in [4.69, 9.17) is 0 Å². The maximum atomic E-state index is 13.9. The number of rotatable bonds is 13. The van der Waals surface area contributed by atoms with Crippen LogP contribution in [0.4, 0.5) is 4.39 Å². The number of sulfonamides is 1. The molecule has 2 amide bonds. The van der Waals surface area contributed by atoms with E-state index in [-0.39, 0.29) is 42.3 Å². The lowest BCUT2D eigenvalue weighted by atomic mass is 10.0. The Kier molecular flexibility index (Phi) is 9.58. The molecule has 43 heavy (non-hydrogen) atoms. The molecule has 3 aromatic carbocycles. The van der Waals surface area contributed by atoms with E-state index in [0.29, 0.717) is 23.2 Å². The molecule has 1 aliphatic rings. The summed E-state index contributed by atoms with van der Waals surface area (Å²) in [5.41, 5.74) is 2.77. The zero-order chi connectivity index (χ0) is 30.2. The first kappa shape index (κ1) is 30.1. The minimum Gasteiger partial charge on any atom is -0.348 e. The van der Waals surface area contributed by atoms with E-state index < -0.39 is 21.9 Å². The standard InChI is InChI=1S/C33H33FN4O4S/c34-27-14-9-25(10-15-27)23-38(31(39)20-13-24-11-18-30(19-12-24)43(41,42)37-28-16-17-28)32(26-6-2-1-3-7-26)33(40)36-22-29-8-4-5-21-35-29/h1-12,14-15,18-19,21,28,32,37H,13,16-17,20,22-23H2,(H,36,40)/t32-/m1/s1. The summed E-state index contributed by atoms with van der Waals surface area (Å²) >= 11 is 0. The predicted octanol–water partition coefficient (Wildman–Crippen LogP) is 4.68. The number of aryl methyl sites for hydroxylation is 1. The summed E-state index contributed by atoms with van der Waals surface area (Å²) in [5.74, 6) is -1.05. The molecule has 0 bridgehead atoms. The summed E-state index contributed by atoms with van der Waals surface area (Å²) in [6.07, 6.45) is 3.75. The van der Waals surface area contributed by atoms with Gasteiger partial charge in [0.15, 0.2) is 0 Å². The average Bonchev–Trinajstić information content (AvgIpc) is 3.84. The van der Waals surface area contributed by atoms with Crippen molar-refractivity contribution in [3.8, 4) is 0 Å². The summed E-state index contributed by atoms with van der Waals surface area (Å²) in [6, 6.07) is 25.8. The van der Waals surface area contributed by atoms with Gasteiger partial charge in [0.1, 0.15) is 11.9 Å². The molecular formula is C33H33FN4O4S. The molecule has 0 unspecified atom stereocenters. The van der Waals surface area contributed by atoms with Crippen LogP contribution < -0.4 is 10.0 Å². The van der Waals surface area contributed by atoms with Crippen molar-refractivity contribution in [3.05, 3.63) is 131 Å². The van der Waals surface area contributed by atoms with Gasteiger partial charge in [0.2, 0.25) is 21.8 Å². The Balaban J connectivity index is 1.37. The summed E-state index contributed by atoms with van der Waals surface area (Å²) in [6.45, 7) is 0.270. The van der Waals surface area contributed by atoms with Gasteiger partial charge < -0.3 is 10.2 Å². The number of pyridine rings is 1. The van der Waals surface area contributed by atoms with E-state index in [0.717, 1.165) is 18.4 Å². The van der Waals surface area contributed by atoms with Crippen LogP contribution in [0.3, 0.4) is 0 Å². The highest BCUT2D eigenvalue weighted by atomic mass is 32.2. The lowest BCUT2D eigenvalue weighted by molar-refractivity contribution is -0.141. The summed E-state index contributed by atoms with van der Waals surface area (Å²) in [4.78, 5) is 33.6. The van der Waals surface area contributed by atoms with Crippen molar-refractivity contribution in [3.63, 3.8) is 0 Å². The Labute approximate surface area is 251 Å². The van der Waals surface area contributed by atoms with Crippen molar-refractivity contribution in [2.75, 3.05) is 0 Å². The van der Waals surface area contributed by atoms with Crippen LogP contribution >= 0.6 is 0 Å². The highest BCUT2D eigenvalue weighted by Crippen LogP contribution is 2.26. The van der Waals surface area contributed by atoms with Crippen LogP contribution in [0.5, 0.6) is 0 Å². The summed E-state index contributed by atoms with van der Waals surface area (Å²) in [7, 11) is -3.57. The Morgan fingerprint density at radius 1 is 0.884 bits per heavy atom. The maximum absolute atomic E-state index is 13.9. The van der Waals surface area contributed by atoms with Crippen LogP contribution in [0, 0.1) is 5.82 Å². The first-order valence-corrected chi connectivity index (χ1v) is 15.6. The number of carbonyl (C=O) groups is 2. The second kappa shape index (κ2) is 13.7. The number of hydrogen-bond acceptors (Lipinski definition) is 5. The Hall–Kier alpha value is -4.41. The predicted molar refractivity (Wildman–Crippen MR) is 160 cm³/mol. The lowest BCUT2D eigenvalue weighted by Gasteiger charge is -2.32. The van der Waals surface area contributed by atoms with Gasteiger partial charge in [-0.15, -0.1) is 0 Å². The number of nitrogens with zero attached hydrogens (tertiary/aromatic N) is 2. The van der Waals surface area contributed by atoms with E-state index >= 15 is 0 Å². The van der Waals surface area contributed by atoms with Crippen molar-refractivity contribution >= 4 is 21.8 Å². The quantitative estimate of drug-likeness (QED) is 0.232. The molecular weight excluding hydrogens is 567 g/mol. The lowest BCUT2D eigenvalue weighted by Crippen LogP contribution is -2.43. The summed E-state index contributed by atoms with van der Waals surface area (Å²) in [5, 5.41) is 2.92. The number of nitrogens with one attached hydrogen (secondary N) is 2. The molecule has 1 aliphatic carbocycles. The third-order valence-electron chi connectivity index (χ3n) is 7.19. The average molecular weight is 601 g/mol. The van der Waals surface area contributed by atoms with Crippen LogP contribution in [-0.2, 0) is 39.1 Å². The number of amides is 2. The fourth-order valence-electron chi connectivity index (χ4n) is 4.71. The number of halogens is 1. The largest absolute Gasteiger partial charge is 0.348 e. The van der Waals surface area contributed by atoms with Gasteiger partial charge in [-0.05, 0) is 72.4 Å². The van der Waals surface area contributed by atoms with Gasteiger partial charge in [-0.25, -0.2) is 17.5 Å². The fraction of sp³-hybridized carbons (Fsp3) is 0.242. The SMILES string of the molecule is O=C(NCc1ccccn1)[C@@H](c1ccccc1)N(Cc1ccc(F)cc1)C(=O)CCc1ccc(S(=O)(=O)NC2CC2)cc1. The number of benzene rings is 3. The van der Waals surface area contributed by atoms with E-state index in [9.17, 15) is 22.4 Å². The molecule has 1 saturated carbocycles. The molecule has 222 valence electrons. The fourth-order valence-corrected chi connectivity index (χ4v) is 6.02. The number of hydrogen-bond donors (Lipinski definition) is 2. The Morgan fingerprint density at radius 2 is 1.56 bits per heavy atom. The molecule has 2 N–H and O–H groups in total. The van der Waals surface area contributed by atoms with Gasteiger partial charge in [-0.3, -0.25) is 14.6 Å². The van der Waals surface area contributed by atoms with Gasteiger partial charge in [-0.2, -0.15) is 0 Å². The van der Waals surface area contributed by atoms with Crippen molar-refractivity contribution < 1.29 is 22.4 Å². The van der Waals surface area contributed by atoms with Gasteiger partial charge in [0.05, 0.1) is 17.1 Å². The van der Waals surface area contributed by atoms with Gasteiger partial charge in [-0.1, -0.05) is 60.7 Å². The first-order chi connectivity index (χ1) is 20.8. The third kappa shape index (κ3) is 8.33. The minimum absolute atomic E-state index is 0.00750. The van der Waals surface area contributed by atoms with Crippen LogP contribution in [0.15, 0.2) is 108 Å². The van der Waals surface area contributed by atoms with Gasteiger partial charge >= 0.3 is 0 Å². The van der Waals surface area contributed by atoms with Crippen LogP contribution in [-0.4, -0.2) is 36.2 Å². The molecule has 1 aromatic heterocycles. The highest BCUT2D eigenvalue weighted by molar-refractivity contribution is 7.89. The Morgan fingerprint density at radius 3 is 2.21 bits per heavy atom. The molecule has 0 radical (unpaired) electrons. The smallest absolute Gasteiger partial charge is 0.247 e. The Bertz CT molecular complexity index is 1630. The zero-order valence-corrected chi connectivity index (χ0v) is 24.3. The van der Waals surface area contributed by atoms with Crippen LogP contribution in [0.25, 0.3) is 0 Å². The van der Waals surface area contributed by atoms with E-state index in [1.165, 1.54) is 17.0 Å².